The molecule has 5 atom stereocenters. The zero-order valence-electron chi connectivity index (χ0n) is 43.9. The summed E-state index contributed by atoms with van der Waals surface area (Å²) in [5.41, 5.74) is 3.51. The van der Waals surface area contributed by atoms with E-state index in [1.807, 2.05) is 109 Å². The molecule has 1 heterocycles. The molecular weight excluding hydrogens is 899 g/mol. The number of benzene rings is 3. The van der Waals surface area contributed by atoms with Crippen LogP contribution in [0.2, 0.25) is 0 Å². The number of rotatable bonds is 21. The Labute approximate surface area is 420 Å². The highest BCUT2D eigenvalue weighted by Crippen LogP contribution is 2.32. The summed E-state index contributed by atoms with van der Waals surface area (Å²) in [5.74, 6) is -3.67. The Hall–Kier alpha value is -6.61. The summed E-state index contributed by atoms with van der Waals surface area (Å²) in [6, 6.07) is 18.6. The second-order valence-electron chi connectivity index (χ2n) is 21.0. The fraction of sp³-hybridized carbons (Fsp3) is 0.482. The van der Waals surface area contributed by atoms with Crippen molar-refractivity contribution >= 4 is 64.9 Å². The highest BCUT2D eigenvalue weighted by Gasteiger charge is 2.42. The van der Waals surface area contributed by atoms with Crippen LogP contribution in [0.1, 0.15) is 124 Å². The predicted octanol–water partition coefficient (Wildman–Crippen LogP) is 7.46. The van der Waals surface area contributed by atoms with E-state index in [-0.39, 0.29) is 48.0 Å². The van der Waals surface area contributed by atoms with Gasteiger partial charge in [0, 0.05) is 36.6 Å². The lowest BCUT2D eigenvalue weighted by molar-refractivity contribution is -0.141. The first-order valence-corrected chi connectivity index (χ1v) is 24.6. The maximum Gasteiger partial charge on any atom is 0.331 e. The SMILES string of the molecule is CN[C@@H](C(=O)N[C@H](C(=O)N(C)[C@H](/C=C(\C)C(=O)O)C(C)C)C(C)(C)C)C(C)(C)c1cccc(NC(=O)[C@H](C)NC(=O)[C@@H](NC(=O)CCCCC(=O)N2Cc3ccccc3/C=C\c3ccccc32)C(C)C)c1. The largest absolute Gasteiger partial charge is 0.478 e. The molecule has 3 aromatic carbocycles. The van der Waals surface area contributed by atoms with Crippen LogP contribution in [0.4, 0.5) is 11.4 Å². The van der Waals surface area contributed by atoms with Gasteiger partial charge in [-0.15, -0.1) is 0 Å². The summed E-state index contributed by atoms with van der Waals surface area (Å²) in [6.45, 7) is 20.2. The topological polar surface area (TPSA) is 206 Å². The number of nitrogens with zero attached hydrogens (tertiary/aromatic N) is 2. The van der Waals surface area contributed by atoms with Gasteiger partial charge in [0.1, 0.15) is 18.1 Å². The summed E-state index contributed by atoms with van der Waals surface area (Å²) >= 11 is 0. The van der Waals surface area contributed by atoms with Crippen LogP contribution in [0.5, 0.6) is 0 Å². The van der Waals surface area contributed by atoms with E-state index in [9.17, 15) is 38.7 Å². The van der Waals surface area contributed by atoms with E-state index in [2.05, 4.69) is 32.7 Å². The number of hydrogen-bond acceptors (Lipinski definition) is 8. The Morgan fingerprint density at radius 1 is 0.732 bits per heavy atom. The standard InChI is InChI=1S/C56H77N7O8/c1-34(2)44(31-36(5)54(70)71)62(13)53(69)49(55(7,8)9)61-52(68)48(57-12)56(10,11)41-24-20-25-42(32-41)59-50(66)37(6)58-51(67)47(35(3)4)60-45(64)27-18-19-28-46(65)63-33-40-23-15-14-21-38(40)29-30-39-22-16-17-26-43(39)63/h14-17,20-26,29-32,34-35,37,44,47-49,57H,18-19,27-28,33H2,1-13H3,(H,58,67)(H,59,66)(H,60,64)(H,61,68)(H,70,71)/b30-29-,36-31+/t37-,44+,47-,48-,49+/m0/s1. The molecular formula is C56H77N7O8. The minimum absolute atomic E-state index is 0.0415. The molecule has 1 aliphatic heterocycles. The molecule has 0 saturated carbocycles. The fourth-order valence-corrected chi connectivity index (χ4v) is 8.76. The Balaban J connectivity index is 1.35. The lowest BCUT2D eigenvalue weighted by Gasteiger charge is -2.40. The molecule has 384 valence electrons. The normalized spacial score (nSPS) is 15.4. The molecule has 4 rings (SSSR count). The van der Waals surface area contributed by atoms with Crippen molar-refractivity contribution in [3.63, 3.8) is 0 Å². The van der Waals surface area contributed by atoms with Gasteiger partial charge in [-0.05, 0) is 91.4 Å². The van der Waals surface area contributed by atoms with Crippen molar-refractivity contribution in [3.8, 4) is 0 Å². The number of amides is 6. The van der Waals surface area contributed by atoms with Crippen LogP contribution in [-0.2, 0) is 45.5 Å². The van der Waals surface area contributed by atoms with E-state index in [1.54, 1.807) is 64.0 Å². The molecule has 3 aromatic rings. The highest BCUT2D eigenvalue weighted by atomic mass is 16.4. The van der Waals surface area contributed by atoms with Crippen LogP contribution in [0.15, 0.2) is 84.4 Å². The molecule has 15 heteroatoms. The zero-order valence-corrected chi connectivity index (χ0v) is 43.9. The molecule has 0 spiro atoms. The molecule has 1 aliphatic rings. The molecule has 6 amide bonds. The minimum Gasteiger partial charge on any atom is -0.478 e. The van der Waals surface area contributed by atoms with Gasteiger partial charge in [0.2, 0.25) is 35.4 Å². The minimum atomic E-state index is -1.08. The second kappa shape index (κ2) is 25.0. The van der Waals surface area contributed by atoms with Gasteiger partial charge in [-0.25, -0.2) is 4.79 Å². The van der Waals surface area contributed by atoms with Crippen LogP contribution in [0.3, 0.4) is 0 Å². The molecule has 15 nitrogen and oxygen atoms in total. The third-order valence-corrected chi connectivity index (χ3v) is 13.2. The Morgan fingerprint density at radius 3 is 1.97 bits per heavy atom. The number of likely N-dealkylation sites (N-methyl/N-ethyl adjacent to an activating group) is 2. The molecule has 0 aliphatic carbocycles. The lowest BCUT2D eigenvalue weighted by Crippen LogP contribution is -2.61. The van der Waals surface area contributed by atoms with Gasteiger partial charge in [-0.2, -0.15) is 0 Å². The molecule has 71 heavy (non-hydrogen) atoms. The van der Waals surface area contributed by atoms with Crippen molar-refractivity contribution in [3.05, 3.63) is 107 Å². The second-order valence-corrected chi connectivity index (χ2v) is 21.0. The Morgan fingerprint density at radius 2 is 1.35 bits per heavy atom. The molecule has 0 fully saturated rings. The smallest absolute Gasteiger partial charge is 0.331 e. The molecule has 0 unspecified atom stereocenters. The van der Waals surface area contributed by atoms with Gasteiger partial charge < -0.3 is 41.5 Å². The summed E-state index contributed by atoms with van der Waals surface area (Å²) in [6.07, 6.45) is 6.92. The van der Waals surface area contributed by atoms with Crippen molar-refractivity contribution in [2.24, 2.45) is 17.3 Å². The summed E-state index contributed by atoms with van der Waals surface area (Å²) < 4.78 is 0. The maximum absolute atomic E-state index is 14.2. The number of anilines is 2. The third kappa shape index (κ3) is 15.2. The number of fused-ring (bicyclic) bond motifs is 2. The molecule has 0 saturated heterocycles. The predicted molar refractivity (Wildman–Crippen MR) is 281 cm³/mol. The average Bonchev–Trinajstić information content (AvgIpc) is 3.30. The zero-order chi connectivity index (χ0) is 53.0. The number of carbonyl (C=O) groups excluding carboxylic acids is 6. The Bertz CT molecular complexity index is 2470. The number of carboxylic acid groups (broad SMARTS) is 1. The van der Waals surface area contributed by atoms with Crippen LogP contribution in [0, 0.1) is 17.3 Å². The summed E-state index contributed by atoms with van der Waals surface area (Å²) in [5, 5.41) is 24.1. The summed E-state index contributed by atoms with van der Waals surface area (Å²) in [4.78, 5) is 97.3. The highest BCUT2D eigenvalue weighted by molar-refractivity contribution is 5.99. The quantitative estimate of drug-likeness (QED) is 0.0462. The van der Waals surface area contributed by atoms with Crippen LogP contribution < -0.4 is 31.5 Å². The van der Waals surface area contributed by atoms with E-state index in [0.29, 0.717) is 30.6 Å². The van der Waals surface area contributed by atoms with Crippen molar-refractivity contribution < 1.29 is 38.7 Å². The number of carbonyl (C=O) groups is 7. The fourth-order valence-electron chi connectivity index (χ4n) is 8.76. The van der Waals surface area contributed by atoms with Crippen molar-refractivity contribution in [2.75, 3.05) is 24.3 Å². The number of para-hydroxylation sites is 1. The summed E-state index contributed by atoms with van der Waals surface area (Å²) in [7, 11) is 3.27. The maximum atomic E-state index is 14.2. The van der Waals surface area contributed by atoms with Gasteiger partial charge in [-0.1, -0.05) is 135 Å². The molecule has 0 bridgehead atoms. The Kier molecular flexibility index (Phi) is 20.0. The van der Waals surface area contributed by atoms with E-state index >= 15 is 0 Å². The van der Waals surface area contributed by atoms with E-state index in [0.717, 1.165) is 22.4 Å². The molecule has 6 N–H and O–H groups in total. The van der Waals surface area contributed by atoms with Crippen LogP contribution in [-0.4, -0.2) is 95.7 Å². The van der Waals surface area contributed by atoms with Gasteiger partial charge >= 0.3 is 5.97 Å². The first-order valence-electron chi connectivity index (χ1n) is 24.6. The van der Waals surface area contributed by atoms with E-state index in [1.165, 1.54) is 11.8 Å². The number of hydrogen-bond donors (Lipinski definition) is 6. The van der Waals surface area contributed by atoms with Crippen LogP contribution >= 0.6 is 0 Å². The number of nitrogens with one attached hydrogen (secondary N) is 5. The number of carboxylic acids is 1. The lowest BCUT2D eigenvalue weighted by atomic mass is 9.76. The van der Waals surface area contributed by atoms with Gasteiger partial charge in [0.15, 0.2) is 0 Å². The van der Waals surface area contributed by atoms with Crippen molar-refractivity contribution in [2.45, 2.75) is 144 Å². The van der Waals surface area contributed by atoms with Crippen molar-refractivity contribution in [1.82, 2.24) is 26.2 Å². The number of aliphatic carboxylic acids is 1. The van der Waals surface area contributed by atoms with Gasteiger partial charge in [0.25, 0.3) is 0 Å². The van der Waals surface area contributed by atoms with Crippen LogP contribution in [0.25, 0.3) is 12.2 Å². The number of unbranched alkanes of at least 4 members (excludes halogenated alkanes) is 1. The first-order chi connectivity index (χ1) is 33.3. The molecule has 0 radical (unpaired) electrons. The monoisotopic (exact) mass is 976 g/mol. The molecule has 0 aromatic heterocycles. The van der Waals surface area contributed by atoms with Gasteiger partial charge in [-0.3, -0.25) is 28.8 Å². The van der Waals surface area contributed by atoms with E-state index < -0.39 is 64.7 Å². The van der Waals surface area contributed by atoms with E-state index in [4.69, 9.17) is 0 Å². The van der Waals surface area contributed by atoms with Gasteiger partial charge in [0.05, 0.1) is 24.3 Å². The van der Waals surface area contributed by atoms with Crippen molar-refractivity contribution in [1.29, 1.82) is 0 Å². The first kappa shape index (κ1) is 57.0. The third-order valence-electron chi connectivity index (χ3n) is 13.2. The average molecular weight is 976 g/mol.